The van der Waals surface area contributed by atoms with Crippen molar-refractivity contribution in [1.29, 1.82) is 0 Å². The third-order valence-corrected chi connectivity index (χ3v) is 10.7. The van der Waals surface area contributed by atoms with Crippen molar-refractivity contribution in [3.8, 4) is 0 Å². The third-order valence-electron chi connectivity index (χ3n) is 1.36. The Hall–Kier alpha value is 2.33. The Morgan fingerprint density at radius 3 is 1.04 bits per heavy atom. The van der Waals surface area contributed by atoms with E-state index in [9.17, 15) is 9.79 Å². The number of rotatable bonds is 8. The first-order valence-corrected chi connectivity index (χ1v) is 15.3. The molecule has 0 saturated carbocycles. The molecule has 4 nitrogen and oxygen atoms in total. The largest absolute Gasteiger partial charge is 2.00 e. The van der Waals surface area contributed by atoms with Gasteiger partial charge in [-0.3, -0.25) is 0 Å². The van der Waals surface area contributed by atoms with E-state index in [0.717, 1.165) is 0 Å². The zero-order chi connectivity index (χ0) is 18.1. The summed E-state index contributed by atoms with van der Waals surface area (Å²) in [6.45, 7) is 15.1. The maximum atomic E-state index is 11.4. The number of hydrogen-bond donors (Lipinski definition) is 0. The first-order chi connectivity index (χ1) is 9.67. The van der Waals surface area contributed by atoms with Crippen LogP contribution in [0.5, 0.6) is 0 Å². The van der Waals surface area contributed by atoms with Crippen LogP contribution in [0.2, 0.25) is 0 Å². The maximum absolute atomic E-state index is 11.4. The van der Waals surface area contributed by atoms with Crippen molar-refractivity contribution >= 4 is 57.8 Å². The van der Waals surface area contributed by atoms with Gasteiger partial charge in [0.1, 0.15) is 0 Å². The molecule has 0 aromatic heterocycles. The zero-order valence-corrected chi connectivity index (χ0v) is 20.8. The molecule has 0 saturated heterocycles. The van der Waals surface area contributed by atoms with Gasteiger partial charge in [0.2, 0.25) is 0 Å². The van der Waals surface area contributed by atoms with Gasteiger partial charge in [-0.2, -0.15) is 0 Å². The van der Waals surface area contributed by atoms with Crippen molar-refractivity contribution in [2.45, 2.75) is 78.1 Å². The van der Waals surface area contributed by atoms with Crippen LogP contribution < -0.4 is 9.79 Å². The monoisotopic (exact) mass is 484 g/mol. The molecule has 144 valence electrons. The first-order valence-electron chi connectivity index (χ1n) is 7.02. The van der Waals surface area contributed by atoms with Crippen molar-refractivity contribution in [2.24, 2.45) is 0 Å². The van der Waals surface area contributed by atoms with Gasteiger partial charge in [-0.1, -0.05) is 51.3 Å². The van der Waals surface area contributed by atoms with Crippen molar-refractivity contribution in [3.63, 3.8) is 0 Å². The van der Waals surface area contributed by atoms with Crippen LogP contribution in [0.1, 0.15) is 55.4 Å². The molecule has 0 bridgehead atoms. The fraction of sp³-hybridized carbons (Fsp3) is 1.00. The average molecular weight is 485 g/mol. The van der Waals surface area contributed by atoms with Gasteiger partial charge in [0.25, 0.3) is 0 Å². The predicted octanol–water partition coefficient (Wildman–Crippen LogP) is 4.27. The molecule has 0 spiro atoms. The van der Waals surface area contributed by atoms with Crippen LogP contribution in [0.4, 0.5) is 0 Å². The summed E-state index contributed by atoms with van der Waals surface area (Å²) in [5.74, 6) is 0. The molecule has 0 fully saturated rings. The van der Waals surface area contributed by atoms with E-state index < -0.39 is 11.4 Å². The van der Waals surface area contributed by atoms with E-state index in [1.807, 2.05) is 55.4 Å². The molecule has 0 rings (SSSR count). The van der Waals surface area contributed by atoms with Crippen LogP contribution >= 0.6 is 34.2 Å². The smallest absolute Gasteiger partial charge is 0.793 e. The maximum Gasteiger partial charge on any atom is 2.00 e. The Balaban J connectivity index is -0.000000333. The van der Waals surface area contributed by atoms with Gasteiger partial charge in [-0.25, -0.2) is 0 Å². The minimum atomic E-state index is -2.80. The summed E-state index contributed by atoms with van der Waals surface area (Å²) in [6.07, 6.45) is -0.103. The molecule has 11 heteroatoms. The van der Waals surface area contributed by atoms with Gasteiger partial charge in [-0.05, 0) is 27.7 Å². The fourth-order valence-corrected chi connectivity index (χ4v) is 11.8. The second kappa shape index (κ2) is 14.4. The second-order valence-electron chi connectivity index (χ2n) is 5.51. The molecule has 0 amide bonds. The van der Waals surface area contributed by atoms with Crippen LogP contribution in [0.25, 0.3) is 0 Å². The topological polar surface area (TPSA) is 64.6 Å². The Bertz CT molecular complexity index is 331. The molecular weight excluding hydrogens is 457 g/mol. The van der Waals surface area contributed by atoms with Crippen molar-refractivity contribution < 1.29 is 35.3 Å². The summed E-state index contributed by atoms with van der Waals surface area (Å²) in [5, 5.41) is 0.522. The van der Waals surface area contributed by atoms with E-state index in [1.54, 1.807) is 0 Å². The fourth-order valence-electron chi connectivity index (χ4n) is 1.08. The SMILES string of the molecule is CC(C)OP([O-])(=S)SC(C)C.CC(C)OP([O-])(=S)SC(C)C.[Ni+2]. The van der Waals surface area contributed by atoms with E-state index in [-0.39, 0.29) is 39.2 Å². The van der Waals surface area contributed by atoms with Gasteiger partial charge in [0.05, 0.1) is 12.2 Å². The molecule has 0 aliphatic heterocycles. The van der Waals surface area contributed by atoms with Gasteiger partial charge in [0, 0.05) is 21.9 Å². The van der Waals surface area contributed by atoms with Crippen molar-refractivity contribution in [1.82, 2.24) is 0 Å². The minimum Gasteiger partial charge on any atom is -0.793 e. The average Bonchev–Trinajstić information content (AvgIpc) is 2.06. The van der Waals surface area contributed by atoms with E-state index >= 15 is 0 Å². The summed E-state index contributed by atoms with van der Waals surface area (Å²) in [6, 6.07) is 0. The van der Waals surface area contributed by atoms with Gasteiger partial charge in [0.15, 0.2) is 0 Å². The molecule has 2 unspecified atom stereocenters. The molecule has 0 N–H and O–H groups in total. The van der Waals surface area contributed by atoms with E-state index in [1.165, 1.54) is 22.8 Å². The standard InChI is InChI=1S/2C6H15O2PS2.Ni/c2*1-5(2)8-9(7,10)11-6(3)4;/h2*5-6H,1-4H3,(H,7,10);/q;;+2/p-2. The molecule has 23 heavy (non-hydrogen) atoms. The molecule has 0 aliphatic rings. The Labute approximate surface area is 170 Å². The van der Waals surface area contributed by atoms with E-state index in [2.05, 4.69) is 0 Å². The van der Waals surface area contributed by atoms with E-state index in [4.69, 9.17) is 32.7 Å². The summed E-state index contributed by atoms with van der Waals surface area (Å²) in [5.41, 5.74) is -5.61. The molecule has 0 aromatic carbocycles. The molecule has 0 aliphatic carbocycles. The molecule has 0 radical (unpaired) electrons. The predicted molar refractivity (Wildman–Crippen MR) is 106 cm³/mol. The summed E-state index contributed by atoms with van der Waals surface area (Å²) >= 11 is 12.1. The third kappa shape index (κ3) is 24.3. The van der Waals surface area contributed by atoms with Crippen LogP contribution in [-0.4, -0.2) is 22.7 Å². The van der Waals surface area contributed by atoms with Gasteiger partial charge < -0.3 is 18.8 Å². The Morgan fingerprint density at radius 1 is 0.696 bits per heavy atom. The molecule has 0 aromatic rings. The second-order valence-corrected chi connectivity index (χ2v) is 18.4. The quantitative estimate of drug-likeness (QED) is 0.373. The summed E-state index contributed by atoms with van der Waals surface area (Å²) in [4.78, 5) is 22.8. The first kappa shape index (κ1) is 30.1. The van der Waals surface area contributed by atoms with Gasteiger partial charge in [-0.15, -0.1) is 22.8 Å². The Kier molecular flexibility index (Phi) is 18.8. The molecular formula is C12H28NiO4P2S4. The molecule has 2 atom stereocenters. The van der Waals surface area contributed by atoms with Crippen molar-refractivity contribution in [2.75, 3.05) is 0 Å². The van der Waals surface area contributed by atoms with Crippen molar-refractivity contribution in [3.05, 3.63) is 0 Å². The normalized spacial score (nSPS) is 16.6. The van der Waals surface area contributed by atoms with Crippen LogP contribution in [-0.2, 0) is 49.2 Å². The molecule has 0 heterocycles. The van der Waals surface area contributed by atoms with Crippen LogP contribution in [0.3, 0.4) is 0 Å². The Morgan fingerprint density at radius 2 is 0.913 bits per heavy atom. The zero-order valence-electron chi connectivity index (χ0n) is 14.8. The summed E-state index contributed by atoms with van der Waals surface area (Å²) in [7, 11) is 0. The summed E-state index contributed by atoms with van der Waals surface area (Å²) < 4.78 is 10.2. The minimum absolute atomic E-state index is 0. The van der Waals surface area contributed by atoms with E-state index in [0.29, 0.717) is 0 Å². The van der Waals surface area contributed by atoms with Gasteiger partial charge >= 0.3 is 16.5 Å². The van der Waals surface area contributed by atoms with Crippen LogP contribution in [0.15, 0.2) is 0 Å². The number of hydrogen-bond acceptors (Lipinski definition) is 8. The van der Waals surface area contributed by atoms with Crippen LogP contribution in [0, 0.1) is 0 Å².